The highest BCUT2D eigenvalue weighted by Crippen LogP contribution is 2.31. The minimum atomic E-state index is -0.955. The zero-order valence-electron chi connectivity index (χ0n) is 11.7. The van der Waals surface area contributed by atoms with Gasteiger partial charge in [0.2, 0.25) is 0 Å². The van der Waals surface area contributed by atoms with E-state index in [9.17, 15) is 19.7 Å². The third-order valence-electron chi connectivity index (χ3n) is 3.67. The number of carbonyl (C=O) groups excluding carboxylic acids is 1. The monoisotopic (exact) mass is 371 g/mol. The molecule has 1 unspecified atom stereocenters. The number of hydrogen-bond acceptors (Lipinski definition) is 4. The summed E-state index contributed by atoms with van der Waals surface area (Å²) in [6.07, 6.45) is 0.371. The average Bonchev–Trinajstić information content (AvgIpc) is 2.85. The van der Waals surface area contributed by atoms with E-state index in [0.717, 1.165) is 0 Å². The van der Waals surface area contributed by atoms with Crippen LogP contribution in [0.2, 0.25) is 0 Å². The van der Waals surface area contributed by atoms with Crippen LogP contribution in [0.1, 0.15) is 13.3 Å². The van der Waals surface area contributed by atoms with E-state index in [1.54, 1.807) is 6.92 Å². The Morgan fingerprint density at radius 2 is 2.18 bits per heavy atom. The van der Waals surface area contributed by atoms with Crippen LogP contribution in [0.4, 0.5) is 16.2 Å². The number of benzene rings is 1. The number of rotatable bonds is 3. The number of carboxylic acids is 1. The van der Waals surface area contributed by atoms with Gasteiger partial charge in [-0.05, 0) is 41.4 Å². The Bertz CT molecular complexity index is 651. The van der Waals surface area contributed by atoms with Gasteiger partial charge in [-0.2, -0.15) is 0 Å². The number of anilines is 1. The van der Waals surface area contributed by atoms with Gasteiger partial charge in [-0.25, -0.2) is 4.79 Å². The molecule has 1 aliphatic rings. The van der Waals surface area contributed by atoms with E-state index in [-0.39, 0.29) is 17.9 Å². The summed E-state index contributed by atoms with van der Waals surface area (Å²) in [6, 6.07) is 3.77. The molecule has 1 aliphatic heterocycles. The fraction of sp³-hybridized carbons (Fsp3) is 0.385. The number of halogens is 1. The molecule has 0 radical (unpaired) electrons. The molecule has 2 amide bonds. The summed E-state index contributed by atoms with van der Waals surface area (Å²) in [6.45, 7) is 2.02. The first kappa shape index (κ1) is 16.2. The Morgan fingerprint density at radius 1 is 1.50 bits per heavy atom. The summed E-state index contributed by atoms with van der Waals surface area (Å²) in [5.74, 6) is -0.943. The van der Waals surface area contributed by atoms with Crippen molar-refractivity contribution in [3.63, 3.8) is 0 Å². The van der Waals surface area contributed by atoms with Gasteiger partial charge in [-0.1, -0.05) is 0 Å². The van der Waals surface area contributed by atoms with Crippen molar-refractivity contribution in [2.75, 3.05) is 18.4 Å². The number of amides is 2. The summed E-state index contributed by atoms with van der Waals surface area (Å²) >= 11 is 3.06. The molecule has 1 saturated heterocycles. The van der Waals surface area contributed by atoms with E-state index in [1.807, 2.05) is 0 Å². The van der Waals surface area contributed by atoms with Crippen LogP contribution in [0.25, 0.3) is 0 Å². The van der Waals surface area contributed by atoms with Gasteiger partial charge in [0.1, 0.15) is 0 Å². The van der Waals surface area contributed by atoms with Crippen molar-refractivity contribution >= 4 is 39.3 Å². The number of carbonyl (C=O) groups is 2. The lowest BCUT2D eigenvalue weighted by atomic mass is 9.90. The van der Waals surface area contributed by atoms with Gasteiger partial charge in [0.15, 0.2) is 0 Å². The summed E-state index contributed by atoms with van der Waals surface area (Å²) in [4.78, 5) is 35.0. The van der Waals surface area contributed by atoms with Gasteiger partial charge in [-0.3, -0.25) is 14.9 Å². The molecule has 0 aromatic heterocycles. The van der Waals surface area contributed by atoms with Crippen LogP contribution in [0, 0.1) is 15.5 Å². The maximum atomic E-state index is 12.1. The van der Waals surface area contributed by atoms with E-state index in [4.69, 9.17) is 5.11 Å². The number of nitrogens with one attached hydrogen (secondary N) is 1. The van der Waals surface area contributed by atoms with Gasteiger partial charge in [0.25, 0.3) is 5.69 Å². The molecule has 1 aromatic carbocycles. The van der Waals surface area contributed by atoms with Crippen LogP contribution in [-0.4, -0.2) is 40.0 Å². The largest absolute Gasteiger partial charge is 0.481 e. The van der Waals surface area contributed by atoms with Crippen LogP contribution < -0.4 is 5.32 Å². The molecule has 22 heavy (non-hydrogen) atoms. The second kappa shape index (κ2) is 5.91. The van der Waals surface area contributed by atoms with Crippen LogP contribution in [0.5, 0.6) is 0 Å². The third-order valence-corrected chi connectivity index (χ3v) is 4.34. The van der Waals surface area contributed by atoms with Gasteiger partial charge < -0.3 is 15.3 Å². The first-order chi connectivity index (χ1) is 10.2. The Morgan fingerprint density at radius 3 is 2.73 bits per heavy atom. The number of nitro benzene ring substituents is 1. The number of nitro groups is 1. The molecule has 9 heteroatoms. The van der Waals surface area contributed by atoms with Crippen molar-refractivity contribution in [2.24, 2.45) is 5.41 Å². The van der Waals surface area contributed by atoms with Gasteiger partial charge in [0, 0.05) is 24.8 Å². The Labute approximate surface area is 134 Å². The molecule has 1 aromatic rings. The Hall–Kier alpha value is -2.16. The first-order valence-electron chi connectivity index (χ1n) is 6.46. The molecule has 2 N–H and O–H groups in total. The van der Waals surface area contributed by atoms with Crippen molar-refractivity contribution in [3.8, 4) is 0 Å². The molecular formula is C13H14BrN3O5. The third kappa shape index (κ3) is 3.19. The molecular weight excluding hydrogens is 358 g/mol. The molecule has 1 atom stereocenters. The second-order valence-corrected chi connectivity index (χ2v) is 6.25. The standard InChI is InChI=1S/C13H14BrN3O5/c1-13(11(18)19)4-5-16(7-13)12(20)15-8-2-3-9(14)10(6-8)17(21)22/h2-3,6H,4-5,7H2,1H3,(H,15,20)(H,18,19). The fourth-order valence-corrected chi connectivity index (χ4v) is 2.63. The zero-order valence-corrected chi connectivity index (χ0v) is 13.3. The van der Waals surface area contributed by atoms with E-state index in [0.29, 0.717) is 17.4 Å². The zero-order chi connectivity index (χ0) is 16.5. The highest BCUT2D eigenvalue weighted by Gasteiger charge is 2.42. The van der Waals surface area contributed by atoms with Crippen LogP contribution in [0.15, 0.2) is 22.7 Å². The van der Waals surface area contributed by atoms with Crippen molar-refractivity contribution in [1.29, 1.82) is 0 Å². The van der Waals surface area contributed by atoms with E-state index in [2.05, 4.69) is 21.2 Å². The molecule has 118 valence electrons. The predicted octanol–water partition coefficient (Wildman–Crippen LogP) is 2.69. The molecule has 0 bridgehead atoms. The highest BCUT2D eigenvalue weighted by molar-refractivity contribution is 9.10. The number of likely N-dealkylation sites (tertiary alicyclic amines) is 1. The van der Waals surface area contributed by atoms with E-state index < -0.39 is 22.3 Å². The van der Waals surface area contributed by atoms with Crippen molar-refractivity contribution in [3.05, 3.63) is 32.8 Å². The molecule has 1 fully saturated rings. The number of carboxylic acid groups (broad SMARTS) is 1. The van der Waals surface area contributed by atoms with Crippen LogP contribution >= 0.6 is 15.9 Å². The van der Waals surface area contributed by atoms with E-state index >= 15 is 0 Å². The Balaban J connectivity index is 2.09. The summed E-state index contributed by atoms with van der Waals surface area (Å²) in [5, 5.41) is 22.6. The first-order valence-corrected chi connectivity index (χ1v) is 7.25. The molecule has 2 rings (SSSR count). The molecule has 0 spiro atoms. The summed E-state index contributed by atoms with van der Waals surface area (Å²) in [7, 11) is 0. The van der Waals surface area contributed by atoms with Gasteiger partial charge in [-0.15, -0.1) is 0 Å². The SMILES string of the molecule is CC1(C(=O)O)CCN(C(=O)Nc2ccc(Br)c([N+](=O)[O-])c2)C1. The minimum Gasteiger partial charge on any atom is -0.481 e. The lowest BCUT2D eigenvalue weighted by Gasteiger charge is -2.20. The number of urea groups is 1. The number of hydrogen-bond donors (Lipinski definition) is 2. The maximum absolute atomic E-state index is 12.1. The quantitative estimate of drug-likeness (QED) is 0.626. The minimum absolute atomic E-state index is 0.104. The van der Waals surface area contributed by atoms with Crippen molar-refractivity contribution < 1.29 is 19.6 Å². The maximum Gasteiger partial charge on any atom is 0.321 e. The van der Waals surface area contributed by atoms with Gasteiger partial charge in [0.05, 0.1) is 14.8 Å². The number of nitrogens with zero attached hydrogens (tertiary/aromatic N) is 2. The van der Waals surface area contributed by atoms with Crippen LogP contribution in [-0.2, 0) is 4.79 Å². The van der Waals surface area contributed by atoms with E-state index in [1.165, 1.54) is 23.1 Å². The Kier molecular flexibility index (Phi) is 4.36. The summed E-state index contributed by atoms with van der Waals surface area (Å²) < 4.78 is 0.315. The predicted molar refractivity (Wildman–Crippen MR) is 81.7 cm³/mol. The lowest BCUT2D eigenvalue weighted by Crippen LogP contribution is -2.37. The smallest absolute Gasteiger partial charge is 0.321 e. The molecule has 1 heterocycles. The number of aliphatic carboxylic acids is 1. The molecule has 0 saturated carbocycles. The van der Waals surface area contributed by atoms with Gasteiger partial charge >= 0.3 is 12.0 Å². The molecule has 8 nitrogen and oxygen atoms in total. The van der Waals surface area contributed by atoms with Crippen LogP contribution in [0.3, 0.4) is 0 Å². The average molecular weight is 372 g/mol. The normalized spacial score (nSPS) is 20.7. The fourth-order valence-electron chi connectivity index (χ4n) is 2.24. The van der Waals surface area contributed by atoms with Crippen molar-refractivity contribution in [1.82, 2.24) is 4.90 Å². The van der Waals surface area contributed by atoms with Crippen molar-refractivity contribution in [2.45, 2.75) is 13.3 Å². The lowest BCUT2D eigenvalue weighted by molar-refractivity contribution is -0.385. The molecule has 0 aliphatic carbocycles. The topological polar surface area (TPSA) is 113 Å². The second-order valence-electron chi connectivity index (χ2n) is 5.39. The summed E-state index contributed by atoms with van der Waals surface area (Å²) in [5.41, 5.74) is -0.832. The highest BCUT2D eigenvalue weighted by atomic mass is 79.9.